The van der Waals surface area contributed by atoms with Crippen LogP contribution in [0.4, 0.5) is 0 Å². The summed E-state index contributed by atoms with van der Waals surface area (Å²) < 4.78 is 0. The summed E-state index contributed by atoms with van der Waals surface area (Å²) in [6.07, 6.45) is 7.42. The van der Waals surface area contributed by atoms with Crippen molar-refractivity contribution in [2.24, 2.45) is 5.92 Å². The van der Waals surface area contributed by atoms with E-state index in [0.29, 0.717) is 0 Å². The SMILES string of the molecule is C=CCC.CC.CC.CC1CCC1. The second-order valence-corrected chi connectivity index (χ2v) is 2.73. The normalized spacial score (nSPS) is 12.8. The Kier molecular flexibility index (Phi) is 32.2. The molecule has 1 aliphatic carbocycles. The van der Waals surface area contributed by atoms with Gasteiger partial charge in [-0.1, -0.05) is 66.9 Å². The number of hydrogen-bond donors (Lipinski definition) is 0. The van der Waals surface area contributed by atoms with Gasteiger partial charge >= 0.3 is 0 Å². The van der Waals surface area contributed by atoms with Crippen LogP contribution in [0.25, 0.3) is 0 Å². The third-order valence-corrected chi connectivity index (χ3v) is 1.68. The summed E-state index contributed by atoms with van der Waals surface area (Å²) in [5.41, 5.74) is 0. The molecule has 1 fully saturated rings. The van der Waals surface area contributed by atoms with Crippen LogP contribution in [0.15, 0.2) is 12.7 Å². The number of hydrogen-bond acceptors (Lipinski definition) is 0. The number of rotatable bonds is 1. The van der Waals surface area contributed by atoms with E-state index in [1.165, 1.54) is 19.3 Å². The highest BCUT2D eigenvalue weighted by atomic mass is 14.1. The second kappa shape index (κ2) is 22.6. The monoisotopic (exact) mass is 186 g/mol. The maximum atomic E-state index is 3.48. The Morgan fingerprint density at radius 3 is 1.38 bits per heavy atom. The quantitative estimate of drug-likeness (QED) is 0.478. The summed E-state index contributed by atoms with van der Waals surface area (Å²) >= 11 is 0. The van der Waals surface area contributed by atoms with E-state index in [4.69, 9.17) is 0 Å². The molecule has 0 radical (unpaired) electrons. The zero-order valence-corrected chi connectivity index (χ0v) is 10.7. The van der Waals surface area contributed by atoms with Gasteiger partial charge < -0.3 is 0 Å². The van der Waals surface area contributed by atoms with Crippen molar-refractivity contribution in [3.05, 3.63) is 12.7 Å². The molecule has 1 rings (SSSR count). The van der Waals surface area contributed by atoms with Gasteiger partial charge in [-0.2, -0.15) is 0 Å². The molecule has 0 unspecified atom stereocenters. The van der Waals surface area contributed by atoms with Crippen molar-refractivity contribution >= 4 is 0 Å². The van der Waals surface area contributed by atoms with Crippen LogP contribution in [-0.2, 0) is 0 Å². The summed E-state index contributed by atoms with van der Waals surface area (Å²) in [5, 5.41) is 0. The average Bonchev–Trinajstić information content (AvgIpc) is 2.21. The molecule has 0 aromatic heterocycles. The van der Waals surface area contributed by atoms with Crippen molar-refractivity contribution in [3.63, 3.8) is 0 Å². The number of allylic oxidation sites excluding steroid dienone is 1. The molecule has 0 bridgehead atoms. The Bertz CT molecular complexity index is 60.4. The predicted octanol–water partition coefficient (Wildman–Crippen LogP) is 5.44. The smallest absolute Gasteiger partial charge is 0.0382 e. The lowest BCUT2D eigenvalue weighted by molar-refractivity contribution is 0.346. The zero-order chi connectivity index (χ0) is 11.1. The first-order chi connectivity index (χ1) is 6.31. The summed E-state index contributed by atoms with van der Waals surface area (Å²) in [6.45, 7) is 15.9. The van der Waals surface area contributed by atoms with Gasteiger partial charge in [-0.15, -0.1) is 6.58 Å². The van der Waals surface area contributed by atoms with Gasteiger partial charge in [0.1, 0.15) is 0 Å². The fourth-order valence-corrected chi connectivity index (χ4v) is 0.612. The Labute approximate surface area is 86.4 Å². The lowest BCUT2D eigenvalue weighted by Gasteiger charge is -2.18. The summed E-state index contributed by atoms with van der Waals surface area (Å²) in [6, 6.07) is 0. The van der Waals surface area contributed by atoms with Gasteiger partial charge in [-0.05, 0) is 12.3 Å². The van der Waals surface area contributed by atoms with Crippen LogP contribution in [0.2, 0.25) is 0 Å². The van der Waals surface area contributed by atoms with Crippen molar-refractivity contribution < 1.29 is 0 Å². The lowest BCUT2D eigenvalue weighted by atomic mass is 9.88. The van der Waals surface area contributed by atoms with Crippen molar-refractivity contribution in [2.45, 2.75) is 67.2 Å². The van der Waals surface area contributed by atoms with E-state index < -0.39 is 0 Å². The Morgan fingerprint density at radius 1 is 1.15 bits per heavy atom. The molecule has 0 heteroatoms. The molecule has 0 aromatic carbocycles. The van der Waals surface area contributed by atoms with Crippen LogP contribution < -0.4 is 0 Å². The van der Waals surface area contributed by atoms with E-state index in [-0.39, 0.29) is 0 Å². The Hall–Kier alpha value is -0.260. The molecule has 0 saturated heterocycles. The highest BCUT2D eigenvalue weighted by Gasteiger charge is 2.09. The first kappa shape index (κ1) is 18.5. The topological polar surface area (TPSA) is 0 Å². The van der Waals surface area contributed by atoms with Crippen LogP contribution in [0, 0.1) is 5.92 Å². The average molecular weight is 186 g/mol. The molecule has 13 heavy (non-hydrogen) atoms. The van der Waals surface area contributed by atoms with Gasteiger partial charge in [0.25, 0.3) is 0 Å². The molecule has 0 aromatic rings. The van der Waals surface area contributed by atoms with Crippen molar-refractivity contribution in [1.29, 1.82) is 0 Å². The molecule has 0 amide bonds. The molecule has 0 aliphatic heterocycles. The first-order valence-corrected chi connectivity index (χ1v) is 5.92. The van der Waals surface area contributed by atoms with Crippen LogP contribution >= 0.6 is 0 Å². The van der Waals surface area contributed by atoms with Crippen LogP contribution in [0.1, 0.15) is 67.2 Å². The van der Waals surface area contributed by atoms with E-state index in [2.05, 4.69) is 20.4 Å². The molecule has 82 valence electrons. The standard InChI is InChI=1S/C5H10.C4H8.2C2H6/c1-5-3-2-4-5;1-3-4-2;2*1-2/h5H,2-4H2,1H3;3H,1,4H2,2H3;2*1-2H3. The van der Waals surface area contributed by atoms with Gasteiger partial charge in [0.2, 0.25) is 0 Å². The van der Waals surface area contributed by atoms with Gasteiger partial charge in [0, 0.05) is 0 Å². The van der Waals surface area contributed by atoms with Crippen molar-refractivity contribution in [1.82, 2.24) is 0 Å². The minimum atomic E-state index is 1.06. The van der Waals surface area contributed by atoms with Crippen molar-refractivity contribution in [2.75, 3.05) is 0 Å². The molecule has 1 aliphatic rings. The summed E-state index contributed by atoms with van der Waals surface area (Å²) in [4.78, 5) is 0. The summed E-state index contributed by atoms with van der Waals surface area (Å²) in [7, 11) is 0. The van der Waals surface area contributed by atoms with E-state index in [0.717, 1.165) is 12.3 Å². The van der Waals surface area contributed by atoms with Crippen molar-refractivity contribution in [3.8, 4) is 0 Å². The third kappa shape index (κ3) is 24.5. The van der Waals surface area contributed by atoms with Crippen LogP contribution in [0.3, 0.4) is 0 Å². The van der Waals surface area contributed by atoms with E-state index >= 15 is 0 Å². The fraction of sp³-hybridized carbons (Fsp3) is 0.846. The maximum Gasteiger partial charge on any atom is -0.0382 e. The second-order valence-electron chi connectivity index (χ2n) is 2.73. The van der Waals surface area contributed by atoms with Gasteiger partial charge in [0.15, 0.2) is 0 Å². The van der Waals surface area contributed by atoms with Gasteiger partial charge in [0.05, 0.1) is 0 Å². The maximum absolute atomic E-state index is 3.48. The molecule has 0 heterocycles. The molecule has 0 atom stereocenters. The van der Waals surface area contributed by atoms with E-state index in [9.17, 15) is 0 Å². The van der Waals surface area contributed by atoms with Crippen LogP contribution in [0.5, 0.6) is 0 Å². The molecule has 0 nitrogen and oxygen atoms in total. The largest absolute Gasteiger partial charge is 0.103 e. The van der Waals surface area contributed by atoms with E-state index in [1.54, 1.807) is 0 Å². The minimum Gasteiger partial charge on any atom is -0.103 e. The first-order valence-electron chi connectivity index (χ1n) is 5.92. The van der Waals surface area contributed by atoms with Gasteiger partial charge in [-0.3, -0.25) is 0 Å². The minimum absolute atomic E-state index is 1.06. The Balaban J connectivity index is -0.000000114. The predicted molar refractivity (Wildman–Crippen MR) is 66.2 cm³/mol. The lowest BCUT2D eigenvalue weighted by Crippen LogP contribution is -2.04. The molecule has 0 N–H and O–H groups in total. The molecular weight excluding hydrogens is 156 g/mol. The van der Waals surface area contributed by atoms with Gasteiger partial charge in [-0.25, -0.2) is 0 Å². The third-order valence-electron chi connectivity index (χ3n) is 1.68. The molecule has 1 saturated carbocycles. The summed E-state index contributed by atoms with van der Waals surface area (Å²) in [5.74, 6) is 1.06. The zero-order valence-electron chi connectivity index (χ0n) is 10.7. The fourth-order valence-electron chi connectivity index (χ4n) is 0.612. The van der Waals surface area contributed by atoms with Crippen LogP contribution in [-0.4, -0.2) is 0 Å². The Morgan fingerprint density at radius 2 is 1.38 bits per heavy atom. The highest BCUT2D eigenvalue weighted by molar-refractivity contribution is 4.62. The van der Waals surface area contributed by atoms with E-state index in [1.807, 2.05) is 33.8 Å². The molecular formula is C13H30. The molecule has 0 spiro atoms. The highest BCUT2D eigenvalue weighted by Crippen LogP contribution is 2.24.